The highest BCUT2D eigenvalue weighted by molar-refractivity contribution is 7.18. The lowest BCUT2D eigenvalue weighted by molar-refractivity contribution is 0.211. The molecule has 1 unspecified atom stereocenters. The molecule has 0 aliphatic carbocycles. The van der Waals surface area contributed by atoms with Gasteiger partial charge in [0, 0.05) is 41.5 Å². The van der Waals surface area contributed by atoms with Crippen LogP contribution in [-0.2, 0) is 6.52 Å². The number of aromatic nitrogens is 2. The molecule has 0 bridgehead atoms. The first-order valence-electron chi connectivity index (χ1n) is 15.2. The van der Waals surface area contributed by atoms with E-state index in [1.165, 1.54) is 4.90 Å². The Morgan fingerprint density at radius 3 is 3.15 bits per heavy atom. The van der Waals surface area contributed by atoms with Crippen LogP contribution in [0.25, 0.3) is 10.2 Å². The minimum absolute atomic E-state index is 0.0181. The van der Waals surface area contributed by atoms with Crippen molar-refractivity contribution in [2.45, 2.75) is 45.0 Å². The Labute approximate surface area is 183 Å². The monoisotopic (exact) mass is 398 g/mol. The summed E-state index contributed by atoms with van der Waals surface area (Å²) in [4.78, 5) is 8.95. The van der Waals surface area contributed by atoms with Gasteiger partial charge >= 0.3 is 0 Å². The number of nitrogens with zero attached hydrogens (tertiary/aromatic N) is 3. The Bertz CT molecular complexity index is 1450. The fraction of sp³-hybridized carbons (Fsp3) is 0.429. The third kappa shape index (κ3) is 4.28. The smallest absolute Gasteiger partial charge is 0.162 e. The molecule has 142 valence electrons. The highest BCUT2D eigenvalue weighted by Crippen LogP contribution is 2.33. The average molecular weight is 399 g/mol. The van der Waals surface area contributed by atoms with Gasteiger partial charge in [-0.3, -0.25) is 4.90 Å². The van der Waals surface area contributed by atoms with E-state index < -0.39 is 61.0 Å². The van der Waals surface area contributed by atoms with E-state index in [4.69, 9.17) is 19.2 Å². The van der Waals surface area contributed by atoms with Crippen LogP contribution in [0.2, 0.25) is 1.41 Å². The molecule has 1 fully saturated rings. The van der Waals surface area contributed by atoms with Crippen LogP contribution in [0.1, 0.15) is 60.7 Å². The van der Waals surface area contributed by atoms with Crippen LogP contribution in [0, 0.1) is 5.82 Å². The lowest BCUT2D eigenvalue weighted by Gasteiger charge is -2.32. The van der Waals surface area contributed by atoms with Crippen LogP contribution in [0.5, 0.6) is 0 Å². The van der Waals surface area contributed by atoms with Crippen LogP contribution < -0.4 is 5.31 Å². The van der Waals surface area contributed by atoms with Crippen molar-refractivity contribution in [1.29, 1.82) is 0 Å². The molecule has 1 atom stereocenters. The van der Waals surface area contributed by atoms with Gasteiger partial charge in [-0.15, -0.1) is 11.3 Å². The van der Waals surface area contributed by atoms with E-state index >= 15 is 0 Å². The van der Waals surface area contributed by atoms with Gasteiger partial charge in [0.05, 0.1) is 12.2 Å². The Morgan fingerprint density at radius 1 is 1.48 bits per heavy atom. The van der Waals surface area contributed by atoms with Crippen molar-refractivity contribution in [2.24, 2.45) is 0 Å². The molecule has 3 aromatic rings. The summed E-state index contributed by atoms with van der Waals surface area (Å²) >= 11 is 0.539. The second-order valence-electron chi connectivity index (χ2n) is 5.94. The van der Waals surface area contributed by atoms with Gasteiger partial charge < -0.3 is 5.31 Å². The number of piperidine rings is 1. The first-order valence-corrected chi connectivity index (χ1v) is 9.04. The van der Waals surface area contributed by atoms with E-state index in [0.29, 0.717) is 11.3 Å². The molecule has 27 heavy (non-hydrogen) atoms. The molecule has 2 aromatic heterocycles. The number of anilines is 1. The Kier molecular flexibility index (Phi) is 2.38. The molecule has 6 heteroatoms. The van der Waals surface area contributed by atoms with Crippen molar-refractivity contribution >= 4 is 27.4 Å². The lowest BCUT2D eigenvalue weighted by atomic mass is 10.0. The van der Waals surface area contributed by atoms with E-state index in [0.717, 1.165) is 17.7 Å². The average Bonchev–Trinajstić information content (AvgIpc) is 3.22. The number of benzene rings is 1. The summed E-state index contributed by atoms with van der Waals surface area (Å²) in [6.45, 7) is -7.94. The Balaban J connectivity index is 1.66. The second kappa shape index (κ2) is 7.90. The predicted molar refractivity (Wildman–Crippen MR) is 110 cm³/mol. The quantitative estimate of drug-likeness (QED) is 0.654. The molecular weight excluding hydrogens is 359 g/mol. The maximum absolute atomic E-state index is 14.2. The van der Waals surface area contributed by atoms with Gasteiger partial charge in [0.25, 0.3) is 0 Å². The van der Waals surface area contributed by atoms with Crippen molar-refractivity contribution < 1.29 is 23.6 Å². The van der Waals surface area contributed by atoms with Gasteiger partial charge in [0.1, 0.15) is 22.8 Å². The summed E-state index contributed by atoms with van der Waals surface area (Å²) in [6, 6.07) is -3.05. The molecule has 4 nitrogen and oxygen atoms in total. The van der Waals surface area contributed by atoms with E-state index in [1.807, 2.05) is 0 Å². The molecule has 3 heterocycles. The highest BCUT2D eigenvalue weighted by Gasteiger charge is 2.21. The van der Waals surface area contributed by atoms with Gasteiger partial charge in [0.15, 0.2) is 1.41 Å². The number of thiophene rings is 1. The van der Waals surface area contributed by atoms with Crippen LogP contribution in [0.3, 0.4) is 0 Å². The van der Waals surface area contributed by atoms with E-state index in [9.17, 15) is 4.39 Å². The molecular formula is C21H25FN4S. The van der Waals surface area contributed by atoms with Gasteiger partial charge in [-0.05, 0) is 42.4 Å². The van der Waals surface area contributed by atoms with Crippen molar-refractivity contribution in [1.82, 2.24) is 14.9 Å². The zero-order valence-electron chi connectivity index (χ0n) is 28.1. The van der Waals surface area contributed by atoms with E-state index in [-0.39, 0.29) is 53.6 Å². The van der Waals surface area contributed by atoms with Crippen molar-refractivity contribution in [3.05, 3.63) is 52.8 Å². The first kappa shape index (κ1) is 8.13. The van der Waals surface area contributed by atoms with Crippen LogP contribution >= 0.6 is 11.3 Å². The fourth-order valence-electron chi connectivity index (χ4n) is 2.77. The Hall–Kier alpha value is -2.05. The topological polar surface area (TPSA) is 41.0 Å². The largest absolute Gasteiger partial charge is 0.367 e. The summed E-state index contributed by atoms with van der Waals surface area (Å²) in [5.41, 5.74) is -0.219. The van der Waals surface area contributed by atoms with Crippen LogP contribution in [0.15, 0.2) is 36.6 Å². The summed E-state index contributed by atoms with van der Waals surface area (Å²) in [7, 11) is 0. The van der Waals surface area contributed by atoms with E-state index in [2.05, 4.69) is 9.97 Å². The summed E-state index contributed by atoms with van der Waals surface area (Å²) < 4.78 is 128. The third-order valence-electron chi connectivity index (χ3n) is 4.08. The third-order valence-corrected chi connectivity index (χ3v) is 5.09. The van der Waals surface area contributed by atoms with Crippen molar-refractivity contribution in [3.8, 4) is 0 Å². The minimum Gasteiger partial charge on any atom is -0.367 e. The summed E-state index contributed by atoms with van der Waals surface area (Å²) in [5, 5.41) is 0.558. The molecule has 1 aromatic carbocycles. The van der Waals surface area contributed by atoms with Gasteiger partial charge in [-0.2, -0.15) is 0 Å². The van der Waals surface area contributed by atoms with Crippen LogP contribution in [0.4, 0.5) is 10.2 Å². The number of likely N-dealkylation sites (tertiary alicyclic amines) is 1. The molecule has 0 amide bonds. The molecule has 0 saturated carbocycles. The second-order valence-corrected chi connectivity index (χ2v) is 6.94. The SMILES string of the molecule is [2H]c1cc([2H])c(C([2H])N2CCC([2H])(N([2H])c3ncnc4sc(C([2H])(C([2H])([2H])[2H])C([2H])([2H])[2H])c([2H])c34)CC2)c([2H])c1F. The number of halogens is 1. The molecule has 1 saturated heterocycles. The number of hydrogen-bond donors (Lipinski definition) is 1. The minimum atomic E-state index is -3.33. The summed E-state index contributed by atoms with van der Waals surface area (Å²) in [6.07, 6.45) is 0.909. The predicted octanol–water partition coefficient (Wildman–Crippen LogP) is 5.03. The standard InChI is InChI=1S/C21H25FN4S/c1-14(2)19-11-18-20(23-13-24-21(18)27-19)25-17-6-8-26(9-7-17)12-15-4-3-5-16(22)10-15/h3-5,10-11,13-14,17H,6-9,12H2,1-2H3,(H,23,24,25)/i1D3,2D3,4D,5D,10D,11D,12D,14D,17D/hD. The van der Waals surface area contributed by atoms with Crippen molar-refractivity contribution in [3.63, 3.8) is 0 Å². The van der Waals surface area contributed by atoms with Gasteiger partial charge in [-0.1, -0.05) is 25.8 Å². The zero-order chi connectivity index (χ0) is 30.9. The molecule has 4 rings (SSSR count). The number of rotatable bonds is 5. The van der Waals surface area contributed by atoms with Gasteiger partial charge in [-0.25, -0.2) is 14.4 Å². The maximum Gasteiger partial charge on any atom is 0.162 e. The van der Waals surface area contributed by atoms with Gasteiger partial charge in [0.2, 0.25) is 0 Å². The highest BCUT2D eigenvalue weighted by atomic mass is 32.1. The van der Waals surface area contributed by atoms with Crippen molar-refractivity contribution in [2.75, 3.05) is 18.4 Å². The lowest BCUT2D eigenvalue weighted by Crippen LogP contribution is -2.38. The van der Waals surface area contributed by atoms with Crippen LogP contribution in [-0.4, -0.2) is 34.0 Å². The Morgan fingerprint density at radius 2 is 2.33 bits per heavy atom. The molecule has 1 aliphatic rings. The fourth-order valence-corrected chi connectivity index (χ4v) is 3.57. The first-order chi connectivity index (χ1) is 18.8. The normalized spacial score (nSPS) is 27.4. The number of nitrogens with one attached hydrogen (secondary N) is 1. The zero-order valence-corrected chi connectivity index (χ0v) is 15.0. The summed E-state index contributed by atoms with van der Waals surface area (Å²) in [5.74, 6) is -4.54. The molecule has 1 aliphatic heterocycles. The molecule has 0 radical (unpaired) electrons. The molecule has 0 spiro atoms. The molecule has 1 N–H and O–H groups in total. The van der Waals surface area contributed by atoms with E-state index in [1.54, 1.807) is 0 Å². The number of fused-ring (bicyclic) bond motifs is 1. The maximum atomic E-state index is 14.2. The number of hydrogen-bond acceptors (Lipinski definition) is 5.